The van der Waals surface area contributed by atoms with E-state index >= 15 is 0 Å². The standard InChI is InChI=1S/C15H13FN4S/c1-10-19-20-15(21-10)18-14(13-7-2-3-8-17-13)11-5-4-6-12(16)9-11/h2-9,14H,1H3,(H,18,20). The Bertz CT molecular complexity index is 729. The molecule has 1 atom stereocenters. The number of aromatic nitrogens is 3. The lowest BCUT2D eigenvalue weighted by Crippen LogP contribution is -2.13. The third-order valence-electron chi connectivity index (χ3n) is 2.96. The summed E-state index contributed by atoms with van der Waals surface area (Å²) in [6, 6.07) is 11.9. The molecule has 2 aromatic heterocycles. The van der Waals surface area contributed by atoms with Gasteiger partial charge < -0.3 is 5.32 Å². The van der Waals surface area contributed by atoms with Gasteiger partial charge in [0.05, 0.1) is 11.7 Å². The van der Waals surface area contributed by atoms with Crippen molar-refractivity contribution < 1.29 is 4.39 Å². The number of halogens is 1. The van der Waals surface area contributed by atoms with Crippen LogP contribution in [-0.2, 0) is 0 Å². The molecule has 0 aliphatic heterocycles. The molecule has 1 N–H and O–H groups in total. The van der Waals surface area contributed by atoms with Gasteiger partial charge >= 0.3 is 0 Å². The molecule has 3 rings (SSSR count). The molecule has 1 unspecified atom stereocenters. The number of anilines is 1. The maximum absolute atomic E-state index is 13.5. The zero-order valence-electron chi connectivity index (χ0n) is 11.3. The summed E-state index contributed by atoms with van der Waals surface area (Å²) in [7, 11) is 0. The molecular formula is C15H13FN4S. The zero-order valence-corrected chi connectivity index (χ0v) is 12.1. The van der Waals surface area contributed by atoms with Crippen LogP contribution in [0.15, 0.2) is 48.7 Å². The Morgan fingerprint density at radius 1 is 1.14 bits per heavy atom. The van der Waals surface area contributed by atoms with Crippen LogP contribution in [0.25, 0.3) is 0 Å². The van der Waals surface area contributed by atoms with Gasteiger partial charge in [0, 0.05) is 6.20 Å². The van der Waals surface area contributed by atoms with E-state index in [1.54, 1.807) is 12.3 Å². The number of nitrogens with one attached hydrogen (secondary N) is 1. The van der Waals surface area contributed by atoms with Gasteiger partial charge in [-0.05, 0) is 36.8 Å². The van der Waals surface area contributed by atoms with Crippen molar-refractivity contribution in [2.45, 2.75) is 13.0 Å². The Labute approximate surface area is 125 Å². The molecule has 3 aromatic rings. The molecular weight excluding hydrogens is 287 g/mol. The third kappa shape index (κ3) is 3.22. The second-order valence-corrected chi connectivity index (χ2v) is 5.69. The van der Waals surface area contributed by atoms with E-state index < -0.39 is 0 Å². The van der Waals surface area contributed by atoms with Crippen LogP contribution >= 0.6 is 11.3 Å². The minimum atomic E-state index is -0.274. The Hall–Kier alpha value is -2.34. The molecule has 2 heterocycles. The maximum atomic E-state index is 13.5. The van der Waals surface area contributed by atoms with Crippen molar-refractivity contribution in [1.82, 2.24) is 15.2 Å². The van der Waals surface area contributed by atoms with E-state index in [9.17, 15) is 4.39 Å². The van der Waals surface area contributed by atoms with Crippen LogP contribution in [0, 0.1) is 12.7 Å². The van der Waals surface area contributed by atoms with Crippen molar-refractivity contribution >= 4 is 16.5 Å². The molecule has 0 aliphatic carbocycles. The van der Waals surface area contributed by atoms with Crippen molar-refractivity contribution in [3.63, 3.8) is 0 Å². The van der Waals surface area contributed by atoms with Crippen LogP contribution in [0.2, 0.25) is 0 Å². The number of benzene rings is 1. The monoisotopic (exact) mass is 300 g/mol. The fourth-order valence-electron chi connectivity index (χ4n) is 2.04. The summed E-state index contributed by atoms with van der Waals surface area (Å²) >= 11 is 1.45. The summed E-state index contributed by atoms with van der Waals surface area (Å²) in [5.41, 5.74) is 1.59. The molecule has 21 heavy (non-hydrogen) atoms. The molecule has 0 amide bonds. The van der Waals surface area contributed by atoms with Crippen molar-refractivity contribution in [2.24, 2.45) is 0 Å². The number of rotatable bonds is 4. The van der Waals surface area contributed by atoms with Crippen LogP contribution in [0.5, 0.6) is 0 Å². The number of hydrogen-bond donors (Lipinski definition) is 1. The van der Waals surface area contributed by atoms with Crippen LogP contribution in [0.1, 0.15) is 22.3 Å². The van der Waals surface area contributed by atoms with Gasteiger partial charge in [0.2, 0.25) is 5.13 Å². The quantitative estimate of drug-likeness (QED) is 0.800. The fourth-order valence-corrected chi connectivity index (χ4v) is 2.66. The van der Waals surface area contributed by atoms with E-state index in [4.69, 9.17) is 0 Å². The Balaban J connectivity index is 1.98. The first-order chi connectivity index (χ1) is 10.2. The van der Waals surface area contributed by atoms with Gasteiger partial charge in [-0.25, -0.2) is 4.39 Å². The van der Waals surface area contributed by atoms with Gasteiger partial charge in [-0.3, -0.25) is 4.98 Å². The van der Waals surface area contributed by atoms with Gasteiger partial charge in [-0.2, -0.15) is 0 Å². The molecule has 0 bridgehead atoms. The molecule has 6 heteroatoms. The minimum absolute atomic E-state index is 0.269. The number of pyridine rings is 1. The van der Waals surface area contributed by atoms with Crippen LogP contribution in [-0.4, -0.2) is 15.2 Å². The second kappa shape index (κ2) is 5.97. The van der Waals surface area contributed by atoms with Gasteiger partial charge in [-0.1, -0.05) is 29.5 Å². The lowest BCUT2D eigenvalue weighted by Gasteiger charge is -2.18. The minimum Gasteiger partial charge on any atom is -0.348 e. The molecule has 0 aliphatic rings. The topological polar surface area (TPSA) is 50.7 Å². The first-order valence-electron chi connectivity index (χ1n) is 6.45. The smallest absolute Gasteiger partial charge is 0.206 e. The lowest BCUT2D eigenvalue weighted by molar-refractivity contribution is 0.624. The lowest BCUT2D eigenvalue weighted by atomic mass is 10.0. The molecule has 1 aromatic carbocycles. The molecule has 0 spiro atoms. The van der Waals surface area contributed by atoms with Gasteiger partial charge in [0.15, 0.2) is 0 Å². The summed E-state index contributed by atoms with van der Waals surface area (Å²) in [6.07, 6.45) is 1.72. The molecule has 0 radical (unpaired) electrons. The molecule has 0 saturated heterocycles. The van der Waals surface area contributed by atoms with Gasteiger partial charge in [0.1, 0.15) is 10.8 Å². The van der Waals surface area contributed by atoms with Crippen molar-refractivity contribution in [1.29, 1.82) is 0 Å². The summed E-state index contributed by atoms with van der Waals surface area (Å²) in [5.74, 6) is -0.274. The van der Waals surface area contributed by atoms with Crippen molar-refractivity contribution in [3.8, 4) is 0 Å². The van der Waals surface area contributed by atoms with Gasteiger partial charge in [0.25, 0.3) is 0 Å². The van der Waals surface area contributed by atoms with E-state index in [1.807, 2.05) is 31.2 Å². The highest BCUT2D eigenvalue weighted by Crippen LogP contribution is 2.27. The van der Waals surface area contributed by atoms with Crippen LogP contribution in [0.4, 0.5) is 9.52 Å². The van der Waals surface area contributed by atoms with E-state index in [1.165, 1.54) is 23.5 Å². The highest BCUT2D eigenvalue weighted by Gasteiger charge is 2.17. The zero-order chi connectivity index (χ0) is 14.7. The Kier molecular flexibility index (Phi) is 3.87. The maximum Gasteiger partial charge on any atom is 0.206 e. The van der Waals surface area contributed by atoms with E-state index in [-0.39, 0.29) is 11.9 Å². The average molecular weight is 300 g/mol. The molecule has 0 fully saturated rings. The predicted octanol–water partition coefficient (Wildman–Crippen LogP) is 3.58. The number of aryl methyl sites for hydroxylation is 1. The summed E-state index contributed by atoms with van der Waals surface area (Å²) in [6.45, 7) is 1.89. The summed E-state index contributed by atoms with van der Waals surface area (Å²) in [4.78, 5) is 4.36. The molecule has 4 nitrogen and oxygen atoms in total. The molecule has 106 valence electrons. The normalized spacial score (nSPS) is 12.1. The highest BCUT2D eigenvalue weighted by atomic mass is 32.1. The first kappa shape index (κ1) is 13.6. The van der Waals surface area contributed by atoms with Crippen molar-refractivity contribution in [2.75, 3.05) is 5.32 Å². The highest BCUT2D eigenvalue weighted by molar-refractivity contribution is 7.15. The second-order valence-electron chi connectivity index (χ2n) is 4.51. The van der Waals surface area contributed by atoms with E-state index in [0.29, 0.717) is 5.13 Å². The number of hydrogen-bond acceptors (Lipinski definition) is 5. The largest absolute Gasteiger partial charge is 0.348 e. The molecule has 0 saturated carbocycles. The van der Waals surface area contributed by atoms with E-state index in [2.05, 4.69) is 20.5 Å². The van der Waals surface area contributed by atoms with Crippen LogP contribution in [0.3, 0.4) is 0 Å². The Morgan fingerprint density at radius 2 is 2.05 bits per heavy atom. The number of nitrogens with zero attached hydrogens (tertiary/aromatic N) is 3. The average Bonchev–Trinajstić information content (AvgIpc) is 2.91. The SMILES string of the molecule is Cc1nnc(NC(c2cccc(F)c2)c2ccccn2)s1. The van der Waals surface area contributed by atoms with Crippen LogP contribution < -0.4 is 5.32 Å². The fraction of sp³-hybridized carbons (Fsp3) is 0.133. The Morgan fingerprint density at radius 3 is 2.71 bits per heavy atom. The third-order valence-corrected chi connectivity index (χ3v) is 3.73. The van der Waals surface area contributed by atoms with Crippen molar-refractivity contribution in [3.05, 3.63) is 70.7 Å². The van der Waals surface area contributed by atoms with E-state index in [0.717, 1.165) is 16.3 Å². The first-order valence-corrected chi connectivity index (χ1v) is 7.27. The summed E-state index contributed by atoms with van der Waals surface area (Å²) in [5, 5.41) is 12.9. The van der Waals surface area contributed by atoms with Gasteiger partial charge in [-0.15, -0.1) is 10.2 Å². The predicted molar refractivity (Wildman–Crippen MR) is 80.7 cm³/mol. The summed E-state index contributed by atoms with van der Waals surface area (Å²) < 4.78 is 13.5.